The molecule has 0 aliphatic rings. The summed E-state index contributed by atoms with van der Waals surface area (Å²) < 4.78 is 14.3. The average Bonchev–Trinajstić information content (AvgIpc) is 2.36. The van der Waals surface area contributed by atoms with Gasteiger partial charge in [-0.05, 0) is 47.2 Å². The number of nitrogens with zero attached hydrogens (tertiary/aromatic N) is 2. The number of halogens is 3. The molecule has 0 saturated carbocycles. The molecular weight excluding hydrogens is 380 g/mol. The summed E-state index contributed by atoms with van der Waals surface area (Å²) in [7, 11) is 0. The maximum Gasteiger partial charge on any atom is 0.161 e. The maximum absolute atomic E-state index is 13.3. The maximum atomic E-state index is 13.3. The molecular formula is C13H12ClFIN3. The van der Waals surface area contributed by atoms with E-state index in [-0.39, 0.29) is 0 Å². The summed E-state index contributed by atoms with van der Waals surface area (Å²) in [6, 6.07) is 4.28. The number of benzene rings is 1. The predicted octanol–water partition coefficient (Wildman–Crippen LogP) is 4.36. The highest BCUT2D eigenvalue weighted by molar-refractivity contribution is 14.1. The lowest BCUT2D eigenvalue weighted by atomic mass is 10.2. The van der Waals surface area contributed by atoms with Crippen molar-refractivity contribution in [2.75, 3.05) is 11.9 Å². The smallest absolute Gasteiger partial charge is 0.161 e. The second kappa shape index (κ2) is 6.47. The van der Waals surface area contributed by atoms with E-state index >= 15 is 0 Å². The van der Waals surface area contributed by atoms with Gasteiger partial charge >= 0.3 is 0 Å². The molecule has 100 valence electrons. The van der Waals surface area contributed by atoms with E-state index in [9.17, 15) is 4.39 Å². The minimum Gasteiger partial charge on any atom is -0.369 e. The van der Waals surface area contributed by atoms with Crippen LogP contribution in [0.25, 0.3) is 11.4 Å². The van der Waals surface area contributed by atoms with Gasteiger partial charge in [0.15, 0.2) is 5.82 Å². The monoisotopic (exact) mass is 391 g/mol. The first kappa shape index (κ1) is 14.5. The number of hydrogen-bond acceptors (Lipinski definition) is 3. The number of hydrogen-bond donors (Lipinski definition) is 1. The fraction of sp³-hybridized carbons (Fsp3) is 0.231. The quantitative estimate of drug-likeness (QED) is 0.787. The SMILES string of the molecule is CCCNc1nc(-c2cc(F)cc(Cl)c2)ncc1I. The van der Waals surface area contributed by atoms with Gasteiger partial charge in [-0.15, -0.1) is 0 Å². The highest BCUT2D eigenvalue weighted by atomic mass is 127. The van der Waals surface area contributed by atoms with Crippen LogP contribution >= 0.6 is 34.2 Å². The molecule has 0 unspecified atom stereocenters. The van der Waals surface area contributed by atoms with Crippen LogP contribution in [0.3, 0.4) is 0 Å². The van der Waals surface area contributed by atoms with Gasteiger partial charge in [-0.3, -0.25) is 0 Å². The van der Waals surface area contributed by atoms with Crippen LogP contribution in [-0.4, -0.2) is 16.5 Å². The zero-order valence-corrected chi connectivity index (χ0v) is 13.2. The van der Waals surface area contributed by atoms with Crippen LogP contribution in [-0.2, 0) is 0 Å². The highest BCUT2D eigenvalue weighted by Gasteiger charge is 2.08. The van der Waals surface area contributed by atoms with Crippen LogP contribution < -0.4 is 5.32 Å². The second-order valence-electron chi connectivity index (χ2n) is 3.98. The van der Waals surface area contributed by atoms with E-state index in [0.29, 0.717) is 16.4 Å². The van der Waals surface area contributed by atoms with Gasteiger partial charge in [-0.1, -0.05) is 18.5 Å². The fourth-order valence-corrected chi connectivity index (χ4v) is 2.23. The Morgan fingerprint density at radius 3 is 2.84 bits per heavy atom. The topological polar surface area (TPSA) is 37.8 Å². The third-order valence-corrected chi connectivity index (χ3v) is 3.41. The second-order valence-corrected chi connectivity index (χ2v) is 5.57. The van der Waals surface area contributed by atoms with Gasteiger partial charge < -0.3 is 5.32 Å². The molecule has 1 aromatic carbocycles. The Kier molecular flexibility index (Phi) is 4.93. The van der Waals surface area contributed by atoms with Crippen LogP contribution in [0.5, 0.6) is 0 Å². The average molecular weight is 392 g/mol. The van der Waals surface area contributed by atoms with Crippen molar-refractivity contribution in [3.05, 3.63) is 38.8 Å². The van der Waals surface area contributed by atoms with Crippen molar-refractivity contribution >= 4 is 40.0 Å². The Hall–Kier alpha value is -0.950. The molecule has 19 heavy (non-hydrogen) atoms. The molecule has 2 aromatic rings. The molecule has 0 amide bonds. The molecule has 0 bridgehead atoms. The molecule has 0 atom stereocenters. The van der Waals surface area contributed by atoms with E-state index in [1.54, 1.807) is 12.3 Å². The lowest BCUT2D eigenvalue weighted by Gasteiger charge is -2.08. The predicted molar refractivity (Wildman–Crippen MR) is 83.9 cm³/mol. The van der Waals surface area contributed by atoms with Crippen molar-refractivity contribution < 1.29 is 4.39 Å². The van der Waals surface area contributed by atoms with E-state index in [0.717, 1.165) is 22.4 Å². The summed E-state index contributed by atoms with van der Waals surface area (Å²) in [6.07, 6.45) is 2.71. The lowest BCUT2D eigenvalue weighted by Crippen LogP contribution is -2.05. The van der Waals surface area contributed by atoms with Gasteiger partial charge in [0.2, 0.25) is 0 Å². The van der Waals surface area contributed by atoms with Gasteiger partial charge in [-0.25, -0.2) is 14.4 Å². The van der Waals surface area contributed by atoms with E-state index in [2.05, 4.69) is 44.8 Å². The summed E-state index contributed by atoms with van der Waals surface area (Å²) in [6.45, 7) is 2.91. The van der Waals surface area contributed by atoms with Crippen LogP contribution in [0.2, 0.25) is 5.02 Å². The van der Waals surface area contributed by atoms with Crippen molar-refractivity contribution in [3.63, 3.8) is 0 Å². The third-order valence-electron chi connectivity index (χ3n) is 2.41. The highest BCUT2D eigenvalue weighted by Crippen LogP contribution is 2.24. The standard InChI is InChI=1S/C13H12ClFIN3/c1-2-3-17-13-11(16)7-18-12(19-13)8-4-9(14)6-10(15)5-8/h4-7H,2-3H2,1H3,(H,17,18,19). The summed E-state index contributed by atoms with van der Waals surface area (Å²) >= 11 is 8.00. The van der Waals surface area contributed by atoms with Crippen LogP contribution in [0.1, 0.15) is 13.3 Å². The molecule has 3 nitrogen and oxygen atoms in total. The first-order valence-electron chi connectivity index (χ1n) is 5.83. The normalized spacial score (nSPS) is 10.5. The molecule has 0 spiro atoms. The molecule has 1 aromatic heterocycles. The summed E-state index contributed by atoms with van der Waals surface area (Å²) in [5.41, 5.74) is 0.570. The number of nitrogens with one attached hydrogen (secondary N) is 1. The van der Waals surface area contributed by atoms with Crippen molar-refractivity contribution in [3.8, 4) is 11.4 Å². The van der Waals surface area contributed by atoms with Crippen molar-refractivity contribution in [2.24, 2.45) is 0 Å². The lowest BCUT2D eigenvalue weighted by molar-refractivity contribution is 0.628. The first-order valence-corrected chi connectivity index (χ1v) is 7.28. The largest absolute Gasteiger partial charge is 0.369 e. The van der Waals surface area contributed by atoms with Crippen molar-refractivity contribution in [1.29, 1.82) is 0 Å². The minimum atomic E-state index is -0.396. The Bertz CT molecular complexity index is 572. The molecule has 1 heterocycles. The molecule has 6 heteroatoms. The van der Waals surface area contributed by atoms with Gasteiger partial charge in [0.25, 0.3) is 0 Å². The first-order chi connectivity index (χ1) is 9.10. The van der Waals surface area contributed by atoms with Gasteiger partial charge in [0.1, 0.15) is 11.6 Å². The summed E-state index contributed by atoms with van der Waals surface area (Å²) in [5, 5.41) is 3.55. The molecule has 2 rings (SSSR count). The number of aromatic nitrogens is 2. The molecule has 0 fully saturated rings. The van der Waals surface area contributed by atoms with Crippen molar-refractivity contribution in [1.82, 2.24) is 9.97 Å². The molecule has 0 aliphatic heterocycles. The zero-order chi connectivity index (χ0) is 13.8. The van der Waals surface area contributed by atoms with Gasteiger partial charge in [0, 0.05) is 23.3 Å². The number of rotatable bonds is 4. The van der Waals surface area contributed by atoms with Crippen LogP contribution in [0, 0.1) is 9.39 Å². The van der Waals surface area contributed by atoms with E-state index in [1.165, 1.54) is 12.1 Å². The van der Waals surface area contributed by atoms with Crippen molar-refractivity contribution in [2.45, 2.75) is 13.3 Å². The van der Waals surface area contributed by atoms with Crippen LogP contribution in [0.4, 0.5) is 10.2 Å². The fourth-order valence-electron chi connectivity index (χ4n) is 1.56. The summed E-state index contributed by atoms with van der Waals surface area (Å²) in [5.74, 6) is 0.820. The molecule has 0 aliphatic carbocycles. The Labute approximate surface area is 129 Å². The van der Waals surface area contributed by atoms with Crippen LogP contribution in [0.15, 0.2) is 24.4 Å². The Morgan fingerprint density at radius 1 is 1.37 bits per heavy atom. The van der Waals surface area contributed by atoms with Gasteiger partial charge in [0.05, 0.1) is 3.57 Å². The van der Waals surface area contributed by atoms with E-state index in [4.69, 9.17) is 11.6 Å². The zero-order valence-electron chi connectivity index (χ0n) is 10.3. The molecule has 0 saturated heterocycles. The van der Waals surface area contributed by atoms with E-state index in [1.807, 2.05) is 0 Å². The molecule has 0 radical (unpaired) electrons. The Balaban J connectivity index is 2.39. The van der Waals surface area contributed by atoms with Gasteiger partial charge in [-0.2, -0.15) is 0 Å². The third kappa shape index (κ3) is 3.76. The number of anilines is 1. The molecule has 1 N–H and O–H groups in total. The minimum absolute atomic E-state index is 0.334. The Morgan fingerprint density at radius 2 is 2.16 bits per heavy atom. The summed E-state index contributed by atoms with van der Waals surface area (Å²) in [4.78, 5) is 8.62. The van der Waals surface area contributed by atoms with E-state index < -0.39 is 5.82 Å².